The topological polar surface area (TPSA) is 69.6 Å². The van der Waals surface area contributed by atoms with Gasteiger partial charge in [0, 0.05) is 0 Å². The Morgan fingerprint density at radius 1 is 1.33 bits per heavy atom. The number of nitrogens with two attached hydrogens (primary N) is 1. The summed E-state index contributed by atoms with van der Waals surface area (Å²) in [6.07, 6.45) is -0.570. The molecule has 0 aliphatic rings. The summed E-state index contributed by atoms with van der Waals surface area (Å²) in [5.41, 5.74) is 4.56. The highest BCUT2D eigenvalue weighted by Gasteiger charge is 2.30. The maximum Gasteiger partial charge on any atom is 0.267 e. The zero-order chi connectivity index (χ0) is 11.7. The van der Waals surface area contributed by atoms with E-state index in [-0.39, 0.29) is 11.4 Å². The molecule has 0 aliphatic carbocycles. The molecule has 1 rings (SSSR count). The standard InChI is InChI=1S/C8H15F2N5/c1-7(2,3)15-13-6(12-14-15)4-8(9,10)5-11/h4-5,11H2,1-3H3. The van der Waals surface area contributed by atoms with E-state index < -0.39 is 18.9 Å². The molecule has 0 aliphatic heterocycles. The van der Waals surface area contributed by atoms with Crippen molar-refractivity contribution in [3.05, 3.63) is 5.82 Å². The highest BCUT2D eigenvalue weighted by atomic mass is 19.3. The Bertz CT molecular complexity index is 328. The average Bonchev–Trinajstić information content (AvgIpc) is 2.51. The second-order valence-corrected chi connectivity index (χ2v) is 4.40. The number of halogens is 2. The van der Waals surface area contributed by atoms with Crippen molar-refractivity contribution in [1.82, 2.24) is 20.2 Å². The number of rotatable bonds is 3. The summed E-state index contributed by atoms with van der Waals surface area (Å²) in [5.74, 6) is -2.95. The summed E-state index contributed by atoms with van der Waals surface area (Å²) in [6.45, 7) is 4.87. The van der Waals surface area contributed by atoms with Gasteiger partial charge in [-0.15, -0.1) is 10.2 Å². The van der Waals surface area contributed by atoms with Gasteiger partial charge in [0.25, 0.3) is 5.92 Å². The molecule has 0 atom stereocenters. The first kappa shape index (κ1) is 12.0. The van der Waals surface area contributed by atoms with Crippen molar-refractivity contribution in [3.63, 3.8) is 0 Å². The third kappa shape index (κ3) is 3.19. The van der Waals surface area contributed by atoms with Crippen molar-refractivity contribution in [1.29, 1.82) is 0 Å². The Morgan fingerprint density at radius 3 is 2.33 bits per heavy atom. The van der Waals surface area contributed by atoms with Crippen LogP contribution in [0.1, 0.15) is 26.6 Å². The van der Waals surface area contributed by atoms with Gasteiger partial charge in [0.1, 0.15) is 0 Å². The van der Waals surface area contributed by atoms with E-state index in [2.05, 4.69) is 15.4 Å². The summed E-state index contributed by atoms with van der Waals surface area (Å²) in [7, 11) is 0. The van der Waals surface area contributed by atoms with E-state index in [4.69, 9.17) is 5.73 Å². The lowest BCUT2D eigenvalue weighted by atomic mass is 10.1. The second kappa shape index (κ2) is 3.80. The van der Waals surface area contributed by atoms with Crippen LogP contribution in [-0.4, -0.2) is 32.7 Å². The fourth-order valence-corrected chi connectivity index (χ4v) is 0.902. The molecule has 1 heterocycles. The van der Waals surface area contributed by atoms with Gasteiger partial charge in [-0.05, 0) is 26.0 Å². The maximum atomic E-state index is 12.9. The molecule has 0 aromatic carbocycles. The molecule has 0 amide bonds. The van der Waals surface area contributed by atoms with Crippen molar-refractivity contribution in [3.8, 4) is 0 Å². The molecule has 2 N–H and O–H groups in total. The van der Waals surface area contributed by atoms with Gasteiger partial charge in [0.15, 0.2) is 5.82 Å². The number of tetrazole rings is 1. The van der Waals surface area contributed by atoms with Crippen LogP contribution in [0.2, 0.25) is 0 Å². The Kier molecular flexibility index (Phi) is 3.03. The number of hydrogen-bond acceptors (Lipinski definition) is 4. The van der Waals surface area contributed by atoms with E-state index in [9.17, 15) is 8.78 Å². The van der Waals surface area contributed by atoms with Gasteiger partial charge < -0.3 is 5.73 Å². The van der Waals surface area contributed by atoms with Crippen LogP contribution in [0.15, 0.2) is 0 Å². The largest absolute Gasteiger partial charge is 0.325 e. The normalized spacial score (nSPS) is 13.2. The summed E-state index contributed by atoms with van der Waals surface area (Å²) in [4.78, 5) is 1.31. The molecule has 0 saturated heterocycles. The monoisotopic (exact) mass is 219 g/mol. The van der Waals surface area contributed by atoms with E-state index in [0.717, 1.165) is 0 Å². The fraction of sp³-hybridized carbons (Fsp3) is 0.875. The van der Waals surface area contributed by atoms with Gasteiger partial charge in [-0.3, -0.25) is 0 Å². The predicted molar refractivity (Wildman–Crippen MR) is 50.5 cm³/mol. The number of nitrogens with zero attached hydrogens (tertiary/aromatic N) is 4. The molecular weight excluding hydrogens is 204 g/mol. The Labute approximate surface area is 86.6 Å². The van der Waals surface area contributed by atoms with Crippen molar-refractivity contribution < 1.29 is 8.78 Å². The van der Waals surface area contributed by atoms with Gasteiger partial charge >= 0.3 is 0 Å². The molecule has 0 spiro atoms. The van der Waals surface area contributed by atoms with Crippen LogP contribution < -0.4 is 5.73 Å². The van der Waals surface area contributed by atoms with E-state index in [0.29, 0.717) is 0 Å². The molecule has 1 aromatic heterocycles. The van der Waals surface area contributed by atoms with E-state index in [1.165, 1.54) is 4.80 Å². The Balaban J connectivity index is 2.78. The Hall–Kier alpha value is -1.11. The molecule has 0 fully saturated rings. The molecule has 0 radical (unpaired) electrons. The molecule has 7 heteroatoms. The molecule has 15 heavy (non-hydrogen) atoms. The molecular formula is C8H15F2N5. The van der Waals surface area contributed by atoms with Crippen molar-refractivity contribution in [2.24, 2.45) is 5.73 Å². The van der Waals surface area contributed by atoms with Gasteiger partial charge in [0.2, 0.25) is 0 Å². The minimum Gasteiger partial charge on any atom is -0.325 e. The van der Waals surface area contributed by atoms with Crippen LogP contribution in [0.4, 0.5) is 8.78 Å². The number of aromatic nitrogens is 4. The van der Waals surface area contributed by atoms with Crippen molar-refractivity contribution in [2.75, 3.05) is 6.54 Å². The molecule has 0 saturated carbocycles. The highest BCUT2D eigenvalue weighted by Crippen LogP contribution is 2.16. The first-order chi connectivity index (χ1) is 6.74. The lowest BCUT2D eigenvalue weighted by molar-refractivity contribution is 0.00935. The minimum atomic E-state index is -2.97. The highest BCUT2D eigenvalue weighted by molar-refractivity contribution is 4.87. The van der Waals surface area contributed by atoms with Gasteiger partial charge in [0.05, 0.1) is 18.5 Å². The number of alkyl halides is 2. The quantitative estimate of drug-likeness (QED) is 0.806. The van der Waals surface area contributed by atoms with Crippen LogP contribution in [0.25, 0.3) is 0 Å². The van der Waals surface area contributed by atoms with Gasteiger partial charge in [-0.1, -0.05) is 0 Å². The van der Waals surface area contributed by atoms with Crippen LogP contribution in [-0.2, 0) is 12.0 Å². The smallest absolute Gasteiger partial charge is 0.267 e. The minimum absolute atomic E-state index is 0.0142. The molecule has 86 valence electrons. The van der Waals surface area contributed by atoms with Gasteiger partial charge in [-0.25, -0.2) is 8.78 Å². The zero-order valence-corrected chi connectivity index (χ0v) is 9.04. The average molecular weight is 219 g/mol. The van der Waals surface area contributed by atoms with E-state index in [1.807, 2.05) is 20.8 Å². The van der Waals surface area contributed by atoms with Gasteiger partial charge in [-0.2, -0.15) is 4.80 Å². The summed E-state index contributed by atoms with van der Waals surface area (Å²) in [5, 5.41) is 11.1. The summed E-state index contributed by atoms with van der Waals surface area (Å²) >= 11 is 0. The molecule has 0 bridgehead atoms. The molecule has 0 unspecified atom stereocenters. The molecule has 1 aromatic rings. The van der Waals surface area contributed by atoms with Crippen LogP contribution in [0, 0.1) is 0 Å². The first-order valence-corrected chi connectivity index (χ1v) is 4.62. The third-order valence-electron chi connectivity index (χ3n) is 1.77. The van der Waals surface area contributed by atoms with Crippen molar-refractivity contribution >= 4 is 0 Å². The predicted octanol–water partition coefficient (Wildman–Crippen LogP) is 0.565. The fourth-order valence-electron chi connectivity index (χ4n) is 0.902. The summed E-state index contributed by atoms with van der Waals surface area (Å²) < 4.78 is 25.8. The van der Waals surface area contributed by atoms with Crippen LogP contribution in [0.3, 0.4) is 0 Å². The lowest BCUT2D eigenvalue weighted by Crippen LogP contribution is -2.31. The molecule has 5 nitrogen and oxygen atoms in total. The Morgan fingerprint density at radius 2 is 1.93 bits per heavy atom. The van der Waals surface area contributed by atoms with Crippen molar-refractivity contribution in [2.45, 2.75) is 38.7 Å². The number of hydrogen-bond donors (Lipinski definition) is 1. The van der Waals surface area contributed by atoms with Crippen LogP contribution >= 0.6 is 0 Å². The lowest BCUT2D eigenvalue weighted by Gasteiger charge is -2.15. The van der Waals surface area contributed by atoms with E-state index in [1.54, 1.807) is 0 Å². The second-order valence-electron chi connectivity index (χ2n) is 4.40. The van der Waals surface area contributed by atoms with E-state index >= 15 is 0 Å². The zero-order valence-electron chi connectivity index (χ0n) is 9.04. The first-order valence-electron chi connectivity index (χ1n) is 4.62. The third-order valence-corrected chi connectivity index (χ3v) is 1.77. The van der Waals surface area contributed by atoms with Crippen LogP contribution in [0.5, 0.6) is 0 Å². The summed E-state index contributed by atoms with van der Waals surface area (Å²) in [6, 6.07) is 0. The maximum absolute atomic E-state index is 12.9. The SMILES string of the molecule is CC(C)(C)n1nnc(CC(F)(F)CN)n1.